The van der Waals surface area contributed by atoms with E-state index in [0.29, 0.717) is 0 Å². The normalized spacial score (nSPS) is 16.4. The summed E-state index contributed by atoms with van der Waals surface area (Å²) in [5, 5.41) is 10.6. The Kier molecular flexibility index (Phi) is 6.36. The van der Waals surface area contributed by atoms with Gasteiger partial charge in [0, 0.05) is 6.42 Å². The summed E-state index contributed by atoms with van der Waals surface area (Å²) >= 11 is 5.67. The number of aliphatic hydroxyl groups is 1. The Hall–Kier alpha value is -1.79. The van der Waals surface area contributed by atoms with E-state index in [1.54, 1.807) is 0 Å². The van der Waals surface area contributed by atoms with Gasteiger partial charge in [-0.05, 0) is 57.0 Å². The predicted octanol–water partition coefficient (Wildman–Crippen LogP) is 6.33. The van der Waals surface area contributed by atoms with E-state index in [9.17, 15) is 18.3 Å². The fraction of sp³-hybridized carbons (Fsp3) is 0.429. The highest BCUT2D eigenvalue weighted by Gasteiger charge is 2.51. The van der Waals surface area contributed by atoms with Crippen molar-refractivity contribution in [2.45, 2.75) is 57.4 Å². The van der Waals surface area contributed by atoms with E-state index in [4.69, 9.17) is 16.3 Å². The number of benzene rings is 2. The van der Waals surface area contributed by atoms with Gasteiger partial charge in [0.15, 0.2) is 17.4 Å². The molecule has 0 aliphatic heterocycles. The van der Waals surface area contributed by atoms with E-state index in [-0.39, 0.29) is 17.0 Å². The van der Waals surface area contributed by atoms with Crippen LogP contribution in [0.15, 0.2) is 36.4 Å². The van der Waals surface area contributed by atoms with Crippen LogP contribution in [0.5, 0.6) is 5.75 Å². The summed E-state index contributed by atoms with van der Waals surface area (Å²) in [7, 11) is 0. The number of rotatable bonds is 7. The highest BCUT2D eigenvalue weighted by atomic mass is 35.5. The van der Waals surface area contributed by atoms with Crippen LogP contribution in [0.2, 0.25) is 5.02 Å². The highest BCUT2D eigenvalue weighted by Crippen LogP contribution is 2.45. The van der Waals surface area contributed by atoms with Gasteiger partial charge in [-0.25, -0.2) is 17.6 Å². The molecule has 0 saturated heterocycles. The number of halogens is 5. The fourth-order valence-corrected chi connectivity index (χ4v) is 3.41. The van der Waals surface area contributed by atoms with Gasteiger partial charge in [-0.15, -0.1) is 0 Å². The van der Waals surface area contributed by atoms with Gasteiger partial charge in [0.2, 0.25) is 0 Å². The maximum Gasteiger partial charge on any atom is 0.192 e. The molecule has 2 nitrogen and oxygen atoms in total. The van der Waals surface area contributed by atoms with Crippen LogP contribution in [0.3, 0.4) is 0 Å². The van der Waals surface area contributed by atoms with E-state index >= 15 is 4.39 Å². The van der Waals surface area contributed by atoms with Crippen LogP contribution in [0.1, 0.15) is 46.1 Å². The van der Waals surface area contributed by atoms with Gasteiger partial charge < -0.3 is 9.84 Å². The van der Waals surface area contributed by atoms with Gasteiger partial charge in [-0.2, -0.15) is 0 Å². The lowest BCUT2D eigenvalue weighted by molar-refractivity contribution is -0.128. The Labute approximate surface area is 167 Å². The maximum atomic E-state index is 15.9. The van der Waals surface area contributed by atoms with Gasteiger partial charge in [0.25, 0.3) is 0 Å². The monoisotopic (exact) mass is 418 g/mol. The third-order valence-corrected chi connectivity index (χ3v) is 5.22. The molecule has 0 saturated carbocycles. The molecule has 7 heteroatoms. The van der Waals surface area contributed by atoms with Gasteiger partial charge in [-0.3, -0.25) is 0 Å². The Morgan fingerprint density at radius 1 is 1.00 bits per heavy atom. The third kappa shape index (κ3) is 4.44. The zero-order valence-corrected chi connectivity index (χ0v) is 16.9. The number of hydrogen-bond acceptors (Lipinski definition) is 2. The quantitative estimate of drug-likeness (QED) is 0.420. The molecular formula is C21H23ClF4O2. The van der Waals surface area contributed by atoms with Crippen molar-refractivity contribution in [2.75, 3.05) is 0 Å². The van der Waals surface area contributed by atoms with E-state index in [2.05, 4.69) is 0 Å². The lowest BCUT2D eigenvalue weighted by atomic mass is 9.73. The van der Waals surface area contributed by atoms with Crippen LogP contribution in [-0.2, 0) is 5.60 Å². The largest absolute Gasteiger partial charge is 0.482 e. The zero-order chi connectivity index (χ0) is 21.3. The molecule has 0 aromatic heterocycles. The summed E-state index contributed by atoms with van der Waals surface area (Å²) in [6.07, 6.45) is -0.517. The zero-order valence-electron chi connectivity index (χ0n) is 16.1. The number of ether oxygens (including phenoxy) is 1. The van der Waals surface area contributed by atoms with Crippen molar-refractivity contribution in [2.24, 2.45) is 0 Å². The Morgan fingerprint density at radius 2 is 1.57 bits per heavy atom. The van der Waals surface area contributed by atoms with E-state index in [0.717, 1.165) is 24.3 Å². The van der Waals surface area contributed by atoms with Crippen molar-refractivity contribution in [1.29, 1.82) is 0 Å². The van der Waals surface area contributed by atoms with Crippen molar-refractivity contribution < 1.29 is 27.4 Å². The molecule has 2 aromatic carbocycles. The molecule has 0 aliphatic carbocycles. The summed E-state index contributed by atoms with van der Waals surface area (Å²) in [5.41, 5.74) is -5.46. The SMILES string of the molecule is CCC(F)(CC(C)(C)Oc1c(F)ccc(Cl)c1F)C(C)(O)c1ccc(F)cc1. The predicted molar refractivity (Wildman–Crippen MR) is 101 cm³/mol. The van der Waals surface area contributed by atoms with Crippen LogP contribution in [0, 0.1) is 17.5 Å². The highest BCUT2D eigenvalue weighted by molar-refractivity contribution is 6.30. The van der Waals surface area contributed by atoms with Crippen molar-refractivity contribution in [1.82, 2.24) is 0 Å². The van der Waals surface area contributed by atoms with Gasteiger partial charge in [-0.1, -0.05) is 30.7 Å². The molecule has 2 unspecified atom stereocenters. The smallest absolute Gasteiger partial charge is 0.192 e. The molecule has 2 aromatic rings. The average molecular weight is 419 g/mol. The molecular weight excluding hydrogens is 396 g/mol. The van der Waals surface area contributed by atoms with E-state index in [1.165, 1.54) is 39.8 Å². The summed E-state index contributed by atoms with van der Waals surface area (Å²) in [4.78, 5) is 0. The summed E-state index contributed by atoms with van der Waals surface area (Å²) in [5.74, 6) is -3.28. The standard InChI is InChI=1S/C21H23ClF4O2/c1-5-21(26,20(4,27)13-6-8-14(23)9-7-13)12-19(2,3)28-18-16(24)11-10-15(22)17(18)25/h6-11,27H,5,12H2,1-4H3. The molecule has 2 atom stereocenters. The molecule has 0 aliphatic rings. The molecule has 0 bridgehead atoms. The molecule has 0 radical (unpaired) electrons. The molecule has 0 spiro atoms. The molecule has 154 valence electrons. The number of alkyl halides is 1. The fourth-order valence-electron chi connectivity index (χ4n) is 3.26. The Balaban J connectivity index is 2.36. The topological polar surface area (TPSA) is 29.5 Å². The van der Waals surface area contributed by atoms with Crippen LogP contribution >= 0.6 is 11.6 Å². The second-order valence-corrected chi connectivity index (χ2v) is 8.02. The van der Waals surface area contributed by atoms with E-state index < -0.39 is 46.5 Å². The van der Waals surface area contributed by atoms with Crippen molar-refractivity contribution in [3.05, 3.63) is 64.4 Å². The maximum absolute atomic E-state index is 15.9. The van der Waals surface area contributed by atoms with Crippen LogP contribution in [0.25, 0.3) is 0 Å². The van der Waals surface area contributed by atoms with Crippen molar-refractivity contribution >= 4 is 11.6 Å². The first-order valence-electron chi connectivity index (χ1n) is 8.83. The second kappa shape index (κ2) is 7.91. The Bertz CT molecular complexity index is 837. The van der Waals surface area contributed by atoms with Crippen LogP contribution in [-0.4, -0.2) is 16.4 Å². The lowest BCUT2D eigenvalue weighted by Crippen LogP contribution is -2.51. The summed E-state index contributed by atoms with van der Waals surface area (Å²) in [6, 6.07) is 6.84. The van der Waals surface area contributed by atoms with Gasteiger partial charge in [0.05, 0.1) is 5.02 Å². The lowest BCUT2D eigenvalue weighted by Gasteiger charge is -2.43. The minimum Gasteiger partial charge on any atom is -0.482 e. The van der Waals surface area contributed by atoms with Crippen LogP contribution < -0.4 is 4.74 Å². The molecule has 1 N–H and O–H groups in total. The average Bonchev–Trinajstić information content (AvgIpc) is 2.62. The van der Waals surface area contributed by atoms with Gasteiger partial charge in [0.1, 0.15) is 22.7 Å². The molecule has 0 amide bonds. The molecule has 2 rings (SSSR count). The van der Waals surface area contributed by atoms with Crippen molar-refractivity contribution in [3.8, 4) is 5.75 Å². The van der Waals surface area contributed by atoms with Gasteiger partial charge >= 0.3 is 0 Å². The Morgan fingerprint density at radius 3 is 2.11 bits per heavy atom. The summed E-state index contributed by atoms with van der Waals surface area (Å²) in [6.45, 7) is 5.73. The molecule has 0 heterocycles. The minimum atomic E-state index is -2.24. The van der Waals surface area contributed by atoms with Crippen LogP contribution in [0.4, 0.5) is 17.6 Å². The number of hydrogen-bond donors (Lipinski definition) is 1. The molecule has 0 fully saturated rings. The molecule has 28 heavy (non-hydrogen) atoms. The van der Waals surface area contributed by atoms with Crippen molar-refractivity contribution in [3.63, 3.8) is 0 Å². The third-order valence-electron chi connectivity index (χ3n) is 4.93. The van der Waals surface area contributed by atoms with E-state index in [1.807, 2.05) is 0 Å². The first-order chi connectivity index (χ1) is 12.8. The first-order valence-corrected chi connectivity index (χ1v) is 9.20. The second-order valence-electron chi connectivity index (χ2n) is 7.61. The first kappa shape index (κ1) is 22.5. The minimum absolute atomic E-state index is 0.120. The summed E-state index contributed by atoms with van der Waals surface area (Å²) < 4.78 is 62.7.